The highest BCUT2D eigenvalue weighted by atomic mass is 35.5. The summed E-state index contributed by atoms with van der Waals surface area (Å²) in [5.74, 6) is 0.0612. The second kappa shape index (κ2) is 5.85. The minimum absolute atomic E-state index is 0.0612. The molecule has 0 aromatic heterocycles. The number of aliphatic hydroxyl groups excluding tert-OH is 1. The highest BCUT2D eigenvalue weighted by molar-refractivity contribution is 6.31. The van der Waals surface area contributed by atoms with Crippen LogP contribution in [-0.2, 0) is 6.42 Å². The molecule has 1 atom stereocenters. The molecule has 0 saturated heterocycles. The largest absolute Gasteiger partial charge is 0.396 e. The Morgan fingerprint density at radius 3 is 2.24 bits per heavy atom. The van der Waals surface area contributed by atoms with Gasteiger partial charge < -0.3 is 5.11 Å². The number of hydrogen-bond acceptors (Lipinski definition) is 1. The smallest absolute Gasteiger partial charge is 0.0503 e. The van der Waals surface area contributed by atoms with Gasteiger partial charge in [-0.05, 0) is 23.6 Å². The van der Waals surface area contributed by atoms with Gasteiger partial charge in [-0.3, -0.25) is 0 Å². The maximum atomic E-state index is 9.51. The van der Waals surface area contributed by atoms with Gasteiger partial charge in [0.1, 0.15) is 0 Å². The van der Waals surface area contributed by atoms with Crippen molar-refractivity contribution in [2.45, 2.75) is 12.3 Å². The molecule has 0 saturated carbocycles. The van der Waals surface area contributed by atoms with Crippen molar-refractivity contribution in [2.75, 3.05) is 6.61 Å². The molecule has 1 nitrogen and oxygen atoms in total. The molecule has 2 aromatic rings. The number of hydrogen-bond donors (Lipinski definition) is 1. The van der Waals surface area contributed by atoms with E-state index >= 15 is 0 Å². The zero-order valence-corrected chi connectivity index (χ0v) is 10.3. The lowest BCUT2D eigenvalue weighted by atomic mass is 9.93. The molecular formula is C15H15ClO. The van der Waals surface area contributed by atoms with Crippen LogP contribution in [0.1, 0.15) is 17.0 Å². The molecule has 0 bridgehead atoms. The average molecular weight is 247 g/mol. The third-order valence-electron chi connectivity index (χ3n) is 2.89. The zero-order chi connectivity index (χ0) is 12.1. The molecule has 2 aromatic carbocycles. The van der Waals surface area contributed by atoms with Crippen molar-refractivity contribution in [3.63, 3.8) is 0 Å². The van der Waals surface area contributed by atoms with E-state index in [0.29, 0.717) is 0 Å². The Morgan fingerprint density at radius 1 is 0.941 bits per heavy atom. The lowest BCUT2D eigenvalue weighted by Gasteiger charge is -2.16. The third-order valence-corrected chi connectivity index (χ3v) is 3.23. The van der Waals surface area contributed by atoms with Crippen LogP contribution >= 0.6 is 11.6 Å². The average Bonchev–Trinajstić information content (AvgIpc) is 2.38. The fourth-order valence-corrected chi connectivity index (χ4v) is 2.27. The van der Waals surface area contributed by atoms with Gasteiger partial charge in [-0.15, -0.1) is 0 Å². The first-order chi connectivity index (χ1) is 8.31. The maximum absolute atomic E-state index is 9.51. The molecule has 2 rings (SSSR count). The SMILES string of the molecule is OCC(Cc1ccccc1)c1ccccc1Cl. The van der Waals surface area contributed by atoms with Crippen LogP contribution in [0.15, 0.2) is 54.6 Å². The minimum atomic E-state index is 0.0612. The zero-order valence-electron chi connectivity index (χ0n) is 9.51. The second-order valence-corrected chi connectivity index (χ2v) is 4.50. The van der Waals surface area contributed by atoms with Gasteiger partial charge in [0, 0.05) is 10.9 Å². The van der Waals surface area contributed by atoms with E-state index in [-0.39, 0.29) is 12.5 Å². The van der Waals surface area contributed by atoms with Crippen LogP contribution in [0.4, 0.5) is 0 Å². The number of rotatable bonds is 4. The van der Waals surface area contributed by atoms with Gasteiger partial charge in [-0.25, -0.2) is 0 Å². The molecule has 2 heteroatoms. The highest BCUT2D eigenvalue weighted by Gasteiger charge is 2.13. The van der Waals surface area contributed by atoms with E-state index in [1.54, 1.807) is 0 Å². The molecule has 0 spiro atoms. The van der Waals surface area contributed by atoms with Crippen molar-refractivity contribution >= 4 is 11.6 Å². The standard InChI is InChI=1S/C15H15ClO/c16-15-9-5-4-8-14(15)13(11-17)10-12-6-2-1-3-7-12/h1-9,13,17H,10-11H2. The Bertz CT molecular complexity index is 467. The van der Waals surface area contributed by atoms with Gasteiger partial charge in [0.25, 0.3) is 0 Å². The predicted octanol–water partition coefficient (Wildman–Crippen LogP) is 3.66. The Labute approximate surface area is 107 Å². The van der Waals surface area contributed by atoms with Gasteiger partial charge >= 0.3 is 0 Å². The van der Waals surface area contributed by atoms with Crippen LogP contribution in [0, 0.1) is 0 Å². The van der Waals surface area contributed by atoms with E-state index in [4.69, 9.17) is 11.6 Å². The number of halogens is 1. The summed E-state index contributed by atoms with van der Waals surface area (Å²) >= 11 is 6.15. The van der Waals surface area contributed by atoms with Crippen molar-refractivity contribution in [2.24, 2.45) is 0 Å². The van der Waals surface area contributed by atoms with Gasteiger partial charge in [0.05, 0.1) is 6.61 Å². The Morgan fingerprint density at radius 2 is 1.59 bits per heavy atom. The first kappa shape index (κ1) is 12.2. The summed E-state index contributed by atoms with van der Waals surface area (Å²) in [7, 11) is 0. The Balaban J connectivity index is 2.21. The van der Waals surface area contributed by atoms with E-state index in [2.05, 4.69) is 12.1 Å². The summed E-state index contributed by atoms with van der Waals surface area (Å²) in [5, 5.41) is 10.2. The molecule has 0 amide bonds. The third kappa shape index (κ3) is 3.09. The first-order valence-corrected chi connectivity index (χ1v) is 6.08. The molecule has 0 aliphatic carbocycles. The van der Waals surface area contributed by atoms with Crippen LogP contribution in [0.25, 0.3) is 0 Å². The van der Waals surface area contributed by atoms with Crippen LogP contribution in [0.3, 0.4) is 0 Å². The number of benzene rings is 2. The van der Waals surface area contributed by atoms with Gasteiger partial charge in [-0.2, -0.15) is 0 Å². The lowest BCUT2D eigenvalue weighted by Crippen LogP contribution is -2.08. The van der Waals surface area contributed by atoms with E-state index in [1.807, 2.05) is 42.5 Å². The van der Waals surface area contributed by atoms with Gasteiger partial charge in [0.15, 0.2) is 0 Å². The maximum Gasteiger partial charge on any atom is 0.0503 e. The molecule has 0 fully saturated rings. The van der Waals surface area contributed by atoms with Crippen molar-refractivity contribution in [3.8, 4) is 0 Å². The first-order valence-electron chi connectivity index (χ1n) is 5.70. The molecule has 0 aliphatic heterocycles. The van der Waals surface area contributed by atoms with Gasteiger partial charge in [0.2, 0.25) is 0 Å². The molecule has 1 N–H and O–H groups in total. The van der Waals surface area contributed by atoms with Crippen molar-refractivity contribution in [1.82, 2.24) is 0 Å². The topological polar surface area (TPSA) is 20.2 Å². The summed E-state index contributed by atoms with van der Waals surface area (Å²) in [6.07, 6.45) is 0.807. The molecule has 88 valence electrons. The van der Waals surface area contributed by atoms with E-state index in [9.17, 15) is 5.11 Å². The molecule has 0 aliphatic rings. The molecule has 0 radical (unpaired) electrons. The quantitative estimate of drug-likeness (QED) is 0.873. The summed E-state index contributed by atoms with van der Waals surface area (Å²) in [5.41, 5.74) is 2.23. The fourth-order valence-electron chi connectivity index (χ4n) is 1.98. The normalized spacial score (nSPS) is 12.4. The number of aliphatic hydroxyl groups is 1. The molecule has 1 unspecified atom stereocenters. The minimum Gasteiger partial charge on any atom is -0.396 e. The second-order valence-electron chi connectivity index (χ2n) is 4.09. The van der Waals surface area contributed by atoms with Crippen LogP contribution in [0.2, 0.25) is 5.02 Å². The van der Waals surface area contributed by atoms with E-state index in [0.717, 1.165) is 17.0 Å². The van der Waals surface area contributed by atoms with Gasteiger partial charge in [-0.1, -0.05) is 60.1 Å². The fraction of sp³-hybridized carbons (Fsp3) is 0.200. The summed E-state index contributed by atoms with van der Waals surface area (Å²) in [4.78, 5) is 0. The summed E-state index contributed by atoms with van der Waals surface area (Å²) in [6, 6.07) is 17.9. The Hall–Kier alpha value is -1.31. The monoisotopic (exact) mass is 246 g/mol. The summed E-state index contributed by atoms with van der Waals surface area (Å²) < 4.78 is 0. The molecule has 17 heavy (non-hydrogen) atoms. The van der Waals surface area contributed by atoms with Crippen LogP contribution in [-0.4, -0.2) is 11.7 Å². The van der Waals surface area contributed by atoms with E-state index in [1.165, 1.54) is 5.56 Å². The summed E-state index contributed by atoms with van der Waals surface area (Å²) in [6.45, 7) is 0.110. The van der Waals surface area contributed by atoms with Crippen molar-refractivity contribution < 1.29 is 5.11 Å². The van der Waals surface area contributed by atoms with Crippen LogP contribution in [0.5, 0.6) is 0 Å². The highest BCUT2D eigenvalue weighted by Crippen LogP contribution is 2.26. The Kier molecular flexibility index (Phi) is 4.18. The molecule has 0 heterocycles. The van der Waals surface area contributed by atoms with Crippen molar-refractivity contribution in [3.05, 3.63) is 70.7 Å². The lowest BCUT2D eigenvalue weighted by molar-refractivity contribution is 0.264. The predicted molar refractivity (Wildman–Crippen MR) is 71.4 cm³/mol. The van der Waals surface area contributed by atoms with Crippen LogP contribution < -0.4 is 0 Å². The van der Waals surface area contributed by atoms with E-state index < -0.39 is 0 Å². The van der Waals surface area contributed by atoms with Crippen molar-refractivity contribution in [1.29, 1.82) is 0 Å². The molecular weight excluding hydrogens is 232 g/mol.